The lowest BCUT2D eigenvalue weighted by atomic mass is 9.65. The summed E-state index contributed by atoms with van der Waals surface area (Å²) in [6, 6.07) is 0. The summed E-state index contributed by atoms with van der Waals surface area (Å²) in [4.78, 5) is 0. The average Bonchev–Trinajstić information content (AvgIpc) is 2.15. The molecule has 0 bridgehead atoms. The van der Waals surface area contributed by atoms with Gasteiger partial charge in [-0.25, -0.2) is 0 Å². The molecule has 1 saturated carbocycles. The van der Waals surface area contributed by atoms with Crippen LogP contribution >= 0.6 is 0 Å². The number of nitrogens with two attached hydrogens (primary N) is 1. The van der Waals surface area contributed by atoms with Crippen LogP contribution in [0.4, 0.5) is 0 Å². The zero-order chi connectivity index (χ0) is 10.2. The fraction of sp³-hybridized carbons (Fsp3) is 1.00. The van der Waals surface area contributed by atoms with Crippen molar-refractivity contribution in [3.8, 4) is 0 Å². The summed E-state index contributed by atoms with van der Waals surface area (Å²) in [5, 5.41) is 13.7. The molecule has 82 valence electrons. The molecule has 1 aliphatic heterocycles. The molecule has 0 unspecified atom stereocenters. The van der Waals surface area contributed by atoms with E-state index >= 15 is 0 Å². The first-order chi connectivity index (χ1) is 6.60. The van der Waals surface area contributed by atoms with Crippen LogP contribution in [-0.2, 0) is 0 Å². The largest absolute Gasteiger partial charge is 0.388 e. The zero-order valence-electron chi connectivity index (χ0n) is 9.05. The highest BCUT2D eigenvalue weighted by atomic mass is 16.3. The molecule has 0 aromatic carbocycles. The van der Waals surface area contributed by atoms with Crippen molar-refractivity contribution in [2.24, 2.45) is 11.7 Å². The van der Waals surface area contributed by atoms with Crippen LogP contribution in [0.1, 0.15) is 39.0 Å². The summed E-state index contributed by atoms with van der Waals surface area (Å²) < 4.78 is 0. The monoisotopic (exact) mass is 198 g/mol. The smallest absolute Gasteiger partial charge is 0.0851 e. The van der Waals surface area contributed by atoms with Gasteiger partial charge < -0.3 is 16.2 Å². The fourth-order valence-corrected chi connectivity index (χ4v) is 2.78. The van der Waals surface area contributed by atoms with Gasteiger partial charge in [-0.15, -0.1) is 0 Å². The van der Waals surface area contributed by atoms with Crippen LogP contribution in [0.25, 0.3) is 0 Å². The number of hydrogen-bond acceptors (Lipinski definition) is 3. The molecule has 0 aromatic heterocycles. The van der Waals surface area contributed by atoms with Crippen LogP contribution in [0.2, 0.25) is 0 Å². The van der Waals surface area contributed by atoms with Crippen molar-refractivity contribution in [2.45, 2.75) is 50.2 Å². The van der Waals surface area contributed by atoms with Gasteiger partial charge in [-0.2, -0.15) is 0 Å². The van der Waals surface area contributed by atoms with Gasteiger partial charge in [-0.1, -0.05) is 13.3 Å². The van der Waals surface area contributed by atoms with E-state index in [1.54, 1.807) is 0 Å². The van der Waals surface area contributed by atoms with Gasteiger partial charge in [-0.3, -0.25) is 0 Å². The minimum Gasteiger partial charge on any atom is -0.388 e. The second-order valence-corrected chi connectivity index (χ2v) is 5.14. The van der Waals surface area contributed by atoms with Gasteiger partial charge >= 0.3 is 0 Å². The van der Waals surface area contributed by atoms with Gasteiger partial charge in [-0.05, 0) is 31.6 Å². The summed E-state index contributed by atoms with van der Waals surface area (Å²) in [5.74, 6) is 0.812. The molecule has 0 spiro atoms. The van der Waals surface area contributed by atoms with Gasteiger partial charge in [0.1, 0.15) is 0 Å². The Morgan fingerprint density at radius 3 is 2.29 bits per heavy atom. The van der Waals surface area contributed by atoms with Gasteiger partial charge in [0.05, 0.1) is 11.1 Å². The van der Waals surface area contributed by atoms with E-state index in [1.807, 2.05) is 0 Å². The third kappa shape index (κ3) is 1.47. The second-order valence-electron chi connectivity index (χ2n) is 5.14. The highest BCUT2D eigenvalue weighted by molar-refractivity contribution is 5.13. The predicted molar refractivity (Wildman–Crippen MR) is 57.0 cm³/mol. The molecule has 2 aliphatic rings. The van der Waals surface area contributed by atoms with Crippen molar-refractivity contribution in [2.75, 3.05) is 13.1 Å². The Balaban J connectivity index is 1.98. The maximum Gasteiger partial charge on any atom is 0.0851 e. The van der Waals surface area contributed by atoms with E-state index < -0.39 is 5.60 Å². The molecule has 0 atom stereocenters. The third-order valence-electron chi connectivity index (χ3n) is 4.32. The first kappa shape index (κ1) is 10.4. The Morgan fingerprint density at radius 1 is 1.36 bits per heavy atom. The van der Waals surface area contributed by atoms with Crippen LogP contribution < -0.4 is 11.1 Å². The molecule has 0 radical (unpaired) electrons. The lowest BCUT2D eigenvalue weighted by Crippen LogP contribution is -2.77. The van der Waals surface area contributed by atoms with E-state index in [9.17, 15) is 5.11 Å². The Morgan fingerprint density at radius 2 is 1.93 bits per heavy atom. The number of aliphatic hydroxyl groups is 1. The van der Waals surface area contributed by atoms with Gasteiger partial charge in [0.2, 0.25) is 0 Å². The van der Waals surface area contributed by atoms with Crippen molar-refractivity contribution in [1.29, 1.82) is 0 Å². The van der Waals surface area contributed by atoms with Crippen molar-refractivity contribution in [3.63, 3.8) is 0 Å². The van der Waals surface area contributed by atoms with E-state index in [0.717, 1.165) is 44.7 Å². The van der Waals surface area contributed by atoms with E-state index in [2.05, 4.69) is 12.2 Å². The quantitative estimate of drug-likeness (QED) is 0.609. The molecular weight excluding hydrogens is 176 g/mol. The molecule has 0 amide bonds. The molecule has 0 aromatic rings. The standard InChI is InChI=1S/C11H22N2O/c1-2-9-3-5-11(14,6-4-9)10(12)7-13-8-10/h9,13-14H,2-8,12H2,1H3. The van der Waals surface area contributed by atoms with Gasteiger partial charge in [0.25, 0.3) is 0 Å². The van der Waals surface area contributed by atoms with Crippen LogP contribution in [0, 0.1) is 5.92 Å². The van der Waals surface area contributed by atoms with E-state index in [-0.39, 0.29) is 5.54 Å². The topological polar surface area (TPSA) is 58.3 Å². The first-order valence-electron chi connectivity index (χ1n) is 5.82. The predicted octanol–water partition coefficient (Wildman–Crippen LogP) is 0.618. The minimum absolute atomic E-state index is 0.342. The molecule has 3 heteroatoms. The molecule has 1 heterocycles. The van der Waals surface area contributed by atoms with Crippen LogP contribution in [-0.4, -0.2) is 29.3 Å². The highest BCUT2D eigenvalue weighted by Gasteiger charge is 2.52. The van der Waals surface area contributed by atoms with Crippen LogP contribution in [0.3, 0.4) is 0 Å². The molecule has 3 nitrogen and oxygen atoms in total. The first-order valence-corrected chi connectivity index (χ1v) is 5.82. The maximum absolute atomic E-state index is 10.5. The summed E-state index contributed by atoms with van der Waals surface area (Å²) in [7, 11) is 0. The summed E-state index contributed by atoms with van der Waals surface area (Å²) in [6.07, 6.45) is 5.32. The molecule has 1 aliphatic carbocycles. The van der Waals surface area contributed by atoms with Crippen molar-refractivity contribution in [3.05, 3.63) is 0 Å². The zero-order valence-corrected chi connectivity index (χ0v) is 9.05. The summed E-state index contributed by atoms with van der Waals surface area (Å²) in [5.41, 5.74) is 5.25. The normalized spacial score (nSPS) is 41.8. The Kier molecular flexibility index (Phi) is 2.58. The molecule has 14 heavy (non-hydrogen) atoms. The Labute approximate surface area is 86.1 Å². The van der Waals surface area contributed by atoms with E-state index in [1.165, 1.54) is 6.42 Å². The highest BCUT2D eigenvalue weighted by Crippen LogP contribution is 2.40. The molecule has 2 fully saturated rings. The summed E-state index contributed by atoms with van der Waals surface area (Å²) in [6.45, 7) is 3.79. The summed E-state index contributed by atoms with van der Waals surface area (Å²) >= 11 is 0. The SMILES string of the molecule is CCC1CCC(O)(C2(N)CNC2)CC1. The number of nitrogens with one attached hydrogen (secondary N) is 1. The molecule has 1 saturated heterocycles. The number of rotatable bonds is 2. The lowest BCUT2D eigenvalue weighted by Gasteiger charge is -2.53. The lowest BCUT2D eigenvalue weighted by molar-refractivity contribution is -0.0916. The van der Waals surface area contributed by atoms with Gasteiger partial charge in [0.15, 0.2) is 0 Å². The number of hydrogen-bond donors (Lipinski definition) is 3. The second kappa shape index (κ2) is 3.47. The third-order valence-corrected chi connectivity index (χ3v) is 4.32. The van der Waals surface area contributed by atoms with E-state index in [4.69, 9.17) is 5.73 Å². The molecule has 2 rings (SSSR count). The minimum atomic E-state index is -0.593. The Bertz CT molecular complexity index is 205. The maximum atomic E-state index is 10.5. The van der Waals surface area contributed by atoms with Crippen molar-refractivity contribution >= 4 is 0 Å². The van der Waals surface area contributed by atoms with Gasteiger partial charge in [0, 0.05) is 13.1 Å². The Hall–Kier alpha value is -0.120. The van der Waals surface area contributed by atoms with Crippen molar-refractivity contribution < 1.29 is 5.11 Å². The van der Waals surface area contributed by atoms with Crippen LogP contribution in [0.5, 0.6) is 0 Å². The van der Waals surface area contributed by atoms with E-state index in [0.29, 0.717) is 0 Å². The average molecular weight is 198 g/mol. The fourth-order valence-electron chi connectivity index (χ4n) is 2.78. The molecule has 4 N–H and O–H groups in total. The molecular formula is C11H22N2O. The van der Waals surface area contributed by atoms with Crippen LogP contribution in [0.15, 0.2) is 0 Å². The van der Waals surface area contributed by atoms with Crippen molar-refractivity contribution in [1.82, 2.24) is 5.32 Å².